The number of hydrogen-bond acceptors (Lipinski definition) is 3. The van der Waals surface area contributed by atoms with Crippen LogP contribution in [0.2, 0.25) is 10.0 Å². The van der Waals surface area contributed by atoms with Crippen LogP contribution >= 0.6 is 23.2 Å². The fraction of sp³-hybridized carbons (Fsp3) is 0.0909. The normalized spacial score (nSPS) is 11.2. The molecule has 0 aliphatic rings. The van der Waals surface area contributed by atoms with E-state index in [2.05, 4.69) is 10.3 Å². The largest absolute Gasteiger partial charge is 0.366 e. The first kappa shape index (κ1) is 20.2. The Labute approximate surface area is 182 Å². The number of nitrogens with one attached hydrogen (secondary N) is 2. The predicted octanol–water partition coefficient (Wildman–Crippen LogP) is 4.08. The molecule has 2 amide bonds. The van der Waals surface area contributed by atoms with Gasteiger partial charge in [-0.05, 0) is 53.6 Å². The van der Waals surface area contributed by atoms with Gasteiger partial charge in [-0.15, -0.1) is 0 Å². The lowest BCUT2D eigenvalue weighted by Crippen LogP contribution is -2.29. The summed E-state index contributed by atoms with van der Waals surface area (Å²) in [4.78, 5) is 27.8. The highest BCUT2D eigenvalue weighted by Crippen LogP contribution is 2.35. The Morgan fingerprint density at radius 1 is 0.933 bits per heavy atom. The molecule has 0 saturated heterocycles. The monoisotopic (exact) mass is 440 g/mol. The zero-order chi connectivity index (χ0) is 21.4. The van der Waals surface area contributed by atoms with Crippen LogP contribution in [0.4, 0.5) is 0 Å². The van der Waals surface area contributed by atoms with Crippen LogP contribution in [0.5, 0.6) is 0 Å². The summed E-state index contributed by atoms with van der Waals surface area (Å²) in [5.41, 5.74) is 14.9. The lowest BCUT2D eigenvalue weighted by molar-refractivity contribution is 0.0955. The summed E-state index contributed by atoms with van der Waals surface area (Å²) < 4.78 is 0. The number of fused-ring (bicyclic) bond motifs is 3. The molecule has 0 aliphatic heterocycles. The molecule has 0 atom stereocenters. The summed E-state index contributed by atoms with van der Waals surface area (Å²) >= 11 is 12.3. The third-order valence-electron chi connectivity index (χ3n) is 4.92. The average molecular weight is 441 g/mol. The van der Waals surface area contributed by atoms with Crippen LogP contribution in [0.15, 0.2) is 48.5 Å². The molecule has 0 spiro atoms. The molecule has 6 N–H and O–H groups in total. The molecule has 4 rings (SSSR count). The molecule has 4 aromatic rings. The van der Waals surface area contributed by atoms with Gasteiger partial charge in [0.2, 0.25) is 5.91 Å². The summed E-state index contributed by atoms with van der Waals surface area (Å²) in [5.74, 6) is -0.776. The maximum atomic E-state index is 12.9. The first-order valence-electron chi connectivity index (χ1n) is 9.22. The van der Waals surface area contributed by atoms with Gasteiger partial charge in [0.1, 0.15) is 0 Å². The number of H-pyrrole nitrogens is 1. The number of benzene rings is 3. The zero-order valence-corrected chi connectivity index (χ0v) is 17.3. The van der Waals surface area contributed by atoms with Crippen molar-refractivity contribution in [3.8, 4) is 11.1 Å². The van der Waals surface area contributed by atoms with E-state index in [4.69, 9.17) is 34.7 Å². The van der Waals surface area contributed by atoms with E-state index in [0.29, 0.717) is 39.8 Å². The summed E-state index contributed by atoms with van der Waals surface area (Å²) in [6.07, 6.45) is 0. The number of carbonyl (C=O) groups excluding carboxylic acids is 2. The van der Waals surface area contributed by atoms with Gasteiger partial charge < -0.3 is 21.8 Å². The van der Waals surface area contributed by atoms with E-state index in [1.807, 2.05) is 12.1 Å². The summed E-state index contributed by atoms with van der Waals surface area (Å²) in [6, 6.07) is 14.2. The van der Waals surface area contributed by atoms with Gasteiger partial charge in [0.25, 0.3) is 5.91 Å². The number of carbonyl (C=O) groups is 2. The quantitative estimate of drug-likeness (QED) is 0.374. The molecule has 0 fully saturated rings. The van der Waals surface area contributed by atoms with Gasteiger partial charge in [-0.25, -0.2) is 0 Å². The maximum Gasteiger partial charge on any atom is 0.253 e. The average Bonchev–Trinajstić information content (AvgIpc) is 3.11. The van der Waals surface area contributed by atoms with Crippen LogP contribution in [-0.2, 0) is 0 Å². The molecule has 0 unspecified atom stereocenters. The lowest BCUT2D eigenvalue weighted by atomic mass is 9.98. The van der Waals surface area contributed by atoms with Crippen molar-refractivity contribution in [1.82, 2.24) is 10.3 Å². The Bertz CT molecular complexity index is 1310. The summed E-state index contributed by atoms with van der Waals surface area (Å²) in [7, 11) is 0. The fourth-order valence-corrected chi connectivity index (χ4v) is 3.75. The highest BCUT2D eigenvalue weighted by Gasteiger charge is 2.17. The van der Waals surface area contributed by atoms with Gasteiger partial charge in [-0.2, -0.15) is 0 Å². The Morgan fingerprint density at radius 3 is 2.43 bits per heavy atom. The standard InChI is InChI=1S/C22H18Cl2N4O2/c23-17-3-1-11(10-18(17)24)13-8-15-14-7-12(21(26)29)2-4-19(14)28-20(15)16(9-13)22(30)27-6-5-25/h1-4,7-10,28H,5-6,25H2,(H2,26,29)(H,27,30). The Kier molecular flexibility index (Phi) is 5.39. The number of amides is 2. The molecule has 0 saturated carbocycles. The Hall–Kier alpha value is -3.06. The van der Waals surface area contributed by atoms with Gasteiger partial charge in [0, 0.05) is 34.9 Å². The highest BCUT2D eigenvalue weighted by molar-refractivity contribution is 6.42. The zero-order valence-electron chi connectivity index (χ0n) is 15.8. The third-order valence-corrected chi connectivity index (χ3v) is 5.66. The molecule has 0 radical (unpaired) electrons. The van der Waals surface area contributed by atoms with E-state index >= 15 is 0 Å². The van der Waals surface area contributed by atoms with Crippen molar-refractivity contribution in [2.24, 2.45) is 11.5 Å². The van der Waals surface area contributed by atoms with E-state index in [1.165, 1.54) is 0 Å². The van der Waals surface area contributed by atoms with Gasteiger partial charge in [0.05, 0.1) is 21.1 Å². The molecule has 152 valence electrons. The topological polar surface area (TPSA) is 114 Å². The smallest absolute Gasteiger partial charge is 0.253 e. The summed E-state index contributed by atoms with van der Waals surface area (Å²) in [6.45, 7) is 0.680. The van der Waals surface area contributed by atoms with Gasteiger partial charge in [-0.3, -0.25) is 9.59 Å². The molecular formula is C22H18Cl2N4O2. The van der Waals surface area contributed by atoms with E-state index < -0.39 is 5.91 Å². The number of hydrogen-bond donors (Lipinski definition) is 4. The van der Waals surface area contributed by atoms with Gasteiger partial charge in [0.15, 0.2) is 0 Å². The Balaban J connectivity index is 2.01. The minimum Gasteiger partial charge on any atom is -0.366 e. The Morgan fingerprint density at radius 2 is 1.73 bits per heavy atom. The molecule has 0 aliphatic carbocycles. The van der Waals surface area contributed by atoms with Crippen molar-refractivity contribution in [1.29, 1.82) is 0 Å². The molecule has 3 aromatic carbocycles. The van der Waals surface area contributed by atoms with Crippen molar-refractivity contribution in [3.05, 3.63) is 69.7 Å². The number of rotatable bonds is 5. The molecule has 8 heteroatoms. The molecule has 6 nitrogen and oxygen atoms in total. The van der Waals surface area contributed by atoms with E-state index in [9.17, 15) is 9.59 Å². The van der Waals surface area contributed by atoms with Gasteiger partial charge in [-0.1, -0.05) is 29.3 Å². The maximum absolute atomic E-state index is 12.9. The van der Waals surface area contributed by atoms with Crippen molar-refractivity contribution in [3.63, 3.8) is 0 Å². The van der Waals surface area contributed by atoms with Crippen LogP contribution in [0, 0.1) is 0 Å². The van der Waals surface area contributed by atoms with Crippen LogP contribution in [0.25, 0.3) is 32.9 Å². The number of aromatic amines is 1. The second-order valence-electron chi connectivity index (χ2n) is 6.87. The van der Waals surface area contributed by atoms with Crippen LogP contribution in [-0.4, -0.2) is 29.9 Å². The number of aromatic nitrogens is 1. The van der Waals surface area contributed by atoms with Crippen molar-refractivity contribution >= 4 is 56.8 Å². The van der Waals surface area contributed by atoms with Crippen molar-refractivity contribution in [2.45, 2.75) is 0 Å². The molecule has 30 heavy (non-hydrogen) atoms. The minimum absolute atomic E-state index is 0.256. The number of halogens is 2. The second-order valence-corrected chi connectivity index (χ2v) is 7.68. The van der Waals surface area contributed by atoms with Crippen molar-refractivity contribution < 1.29 is 9.59 Å². The minimum atomic E-state index is -0.521. The van der Waals surface area contributed by atoms with Gasteiger partial charge >= 0.3 is 0 Å². The predicted molar refractivity (Wildman–Crippen MR) is 121 cm³/mol. The third kappa shape index (κ3) is 3.61. The van der Waals surface area contributed by atoms with Crippen LogP contribution in [0.1, 0.15) is 20.7 Å². The number of primary amides is 1. The highest BCUT2D eigenvalue weighted by atomic mass is 35.5. The SMILES string of the molecule is NCCNC(=O)c1cc(-c2ccc(Cl)c(Cl)c2)cc2c1[nH]c1ccc(C(N)=O)cc12. The molecular weight excluding hydrogens is 423 g/mol. The van der Waals surface area contributed by atoms with E-state index in [1.54, 1.807) is 36.4 Å². The van der Waals surface area contributed by atoms with Crippen LogP contribution in [0.3, 0.4) is 0 Å². The first-order chi connectivity index (χ1) is 14.4. The molecule has 0 bridgehead atoms. The van der Waals surface area contributed by atoms with E-state index in [-0.39, 0.29) is 5.91 Å². The summed E-state index contributed by atoms with van der Waals surface area (Å²) in [5, 5.41) is 5.24. The van der Waals surface area contributed by atoms with Crippen molar-refractivity contribution in [2.75, 3.05) is 13.1 Å². The molecule has 1 heterocycles. The molecule has 1 aromatic heterocycles. The lowest BCUT2D eigenvalue weighted by Gasteiger charge is -2.10. The fourth-order valence-electron chi connectivity index (χ4n) is 3.46. The van der Waals surface area contributed by atoms with E-state index in [0.717, 1.165) is 27.4 Å². The first-order valence-corrected chi connectivity index (χ1v) is 9.97. The second kappa shape index (κ2) is 7.99. The van der Waals surface area contributed by atoms with Crippen LogP contribution < -0.4 is 16.8 Å². The number of nitrogens with two attached hydrogens (primary N) is 2.